The lowest BCUT2D eigenvalue weighted by molar-refractivity contribution is 0.0870. The van der Waals surface area contributed by atoms with Crippen LogP contribution in [-0.2, 0) is 6.42 Å². The van der Waals surface area contributed by atoms with Gasteiger partial charge in [-0.3, -0.25) is 4.90 Å². The zero-order chi connectivity index (χ0) is 14.8. The van der Waals surface area contributed by atoms with E-state index in [9.17, 15) is 0 Å². The van der Waals surface area contributed by atoms with Crippen LogP contribution >= 0.6 is 0 Å². The van der Waals surface area contributed by atoms with Gasteiger partial charge in [0.1, 0.15) is 0 Å². The fraction of sp³-hybridized carbons (Fsp3) is 0.667. The van der Waals surface area contributed by atoms with E-state index >= 15 is 0 Å². The Kier molecular flexibility index (Phi) is 4.55. The number of likely N-dealkylation sites (N-methyl/N-ethyl adjacent to an activating group) is 1. The average molecular weight is 274 g/mol. The lowest BCUT2D eigenvalue weighted by Gasteiger charge is -2.42. The summed E-state index contributed by atoms with van der Waals surface area (Å²) in [5.74, 6) is 0.670. The van der Waals surface area contributed by atoms with Crippen molar-refractivity contribution in [2.24, 2.45) is 17.1 Å². The molecule has 0 aromatic heterocycles. The Labute approximate surface area is 124 Å². The topological polar surface area (TPSA) is 29.3 Å². The van der Waals surface area contributed by atoms with Crippen molar-refractivity contribution < 1.29 is 0 Å². The molecule has 0 amide bonds. The molecule has 1 aromatic rings. The highest BCUT2D eigenvalue weighted by molar-refractivity contribution is 5.15. The second kappa shape index (κ2) is 5.87. The number of nitrogens with zero attached hydrogens (tertiary/aromatic N) is 1. The normalized spacial score (nSPS) is 29.0. The van der Waals surface area contributed by atoms with Gasteiger partial charge in [0.05, 0.1) is 0 Å². The van der Waals surface area contributed by atoms with Crippen LogP contribution in [0.5, 0.6) is 0 Å². The van der Waals surface area contributed by atoms with Gasteiger partial charge in [-0.15, -0.1) is 0 Å². The van der Waals surface area contributed by atoms with Gasteiger partial charge in [0.25, 0.3) is 0 Å². The lowest BCUT2D eigenvalue weighted by atomic mass is 9.84. The van der Waals surface area contributed by atoms with Crippen LogP contribution in [0.3, 0.4) is 0 Å². The predicted octanol–water partition coefficient (Wildman–Crippen LogP) is 3.31. The van der Waals surface area contributed by atoms with Gasteiger partial charge < -0.3 is 5.73 Å². The van der Waals surface area contributed by atoms with E-state index in [0.29, 0.717) is 11.3 Å². The van der Waals surface area contributed by atoms with Crippen LogP contribution in [0.2, 0.25) is 0 Å². The molecule has 0 radical (unpaired) electrons. The molecule has 2 heteroatoms. The van der Waals surface area contributed by atoms with Crippen molar-refractivity contribution >= 4 is 0 Å². The first-order valence-electron chi connectivity index (χ1n) is 7.85. The summed E-state index contributed by atoms with van der Waals surface area (Å²) in [5.41, 5.74) is 8.22. The van der Waals surface area contributed by atoms with Gasteiger partial charge in [0.2, 0.25) is 0 Å². The van der Waals surface area contributed by atoms with Crippen molar-refractivity contribution in [3.8, 4) is 0 Å². The molecule has 2 N–H and O–H groups in total. The van der Waals surface area contributed by atoms with Crippen molar-refractivity contribution in [3.63, 3.8) is 0 Å². The highest BCUT2D eigenvalue weighted by Gasteiger charge is 2.49. The third-order valence-corrected chi connectivity index (χ3v) is 5.25. The van der Waals surface area contributed by atoms with Crippen LogP contribution in [0.4, 0.5) is 0 Å². The molecule has 1 aliphatic rings. The minimum atomic E-state index is 0.179. The highest BCUT2D eigenvalue weighted by atomic mass is 15.2. The molecule has 0 aliphatic heterocycles. The number of hydrogen-bond acceptors (Lipinski definition) is 2. The summed E-state index contributed by atoms with van der Waals surface area (Å²) in [7, 11) is 2.26. The molecule has 1 saturated carbocycles. The third-order valence-electron chi connectivity index (χ3n) is 5.25. The van der Waals surface area contributed by atoms with Crippen LogP contribution in [0.25, 0.3) is 0 Å². The molecule has 1 aliphatic carbocycles. The zero-order valence-electron chi connectivity index (χ0n) is 13.5. The van der Waals surface area contributed by atoms with E-state index in [2.05, 4.69) is 63.1 Å². The summed E-state index contributed by atoms with van der Waals surface area (Å²) >= 11 is 0. The summed E-state index contributed by atoms with van der Waals surface area (Å²) in [6.45, 7) is 8.99. The van der Waals surface area contributed by atoms with Gasteiger partial charge in [0, 0.05) is 18.6 Å². The fourth-order valence-electron chi connectivity index (χ4n) is 4.20. The third kappa shape index (κ3) is 3.07. The molecule has 2 atom stereocenters. The van der Waals surface area contributed by atoms with Crippen molar-refractivity contribution in [3.05, 3.63) is 35.9 Å². The second-order valence-corrected chi connectivity index (χ2v) is 7.41. The van der Waals surface area contributed by atoms with E-state index in [1.807, 2.05) is 0 Å². The summed E-state index contributed by atoms with van der Waals surface area (Å²) in [5, 5.41) is 0. The first kappa shape index (κ1) is 15.5. The maximum atomic E-state index is 6.21. The second-order valence-electron chi connectivity index (χ2n) is 7.41. The van der Waals surface area contributed by atoms with Crippen molar-refractivity contribution in [2.75, 3.05) is 20.1 Å². The molecular weight excluding hydrogens is 244 g/mol. The Morgan fingerprint density at radius 3 is 2.40 bits per heavy atom. The minimum absolute atomic E-state index is 0.179. The maximum absolute atomic E-state index is 6.21. The molecule has 20 heavy (non-hydrogen) atoms. The summed E-state index contributed by atoms with van der Waals surface area (Å²) in [4.78, 5) is 2.53. The van der Waals surface area contributed by atoms with Crippen molar-refractivity contribution in [2.45, 2.75) is 45.6 Å². The standard InChI is InChI=1S/C18H30N2/c1-15-12-17(2,3)13-18(15,14-19)20(4)11-10-16-8-6-5-7-9-16/h5-9,15H,10-14,19H2,1-4H3. The van der Waals surface area contributed by atoms with Gasteiger partial charge in [0.15, 0.2) is 0 Å². The predicted molar refractivity (Wildman–Crippen MR) is 86.7 cm³/mol. The first-order chi connectivity index (χ1) is 9.39. The van der Waals surface area contributed by atoms with E-state index in [1.165, 1.54) is 18.4 Å². The Morgan fingerprint density at radius 2 is 1.90 bits per heavy atom. The smallest absolute Gasteiger partial charge is 0.0359 e. The first-order valence-corrected chi connectivity index (χ1v) is 7.85. The molecule has 1 fully saturated rings. The van der Waals surface area contributed by atoms with Crippen LogP contribution in [0.15, 0.2) is 30.3 Å². The summed E-state index contributed by atoms with van der Waals surface area (Å²) in [6, 6.07) is 10.7. The Morgan fingerprint density at radius 1 is 1.25 bits per heavy atom. The van der Waals surface area contributed by atoms with E-state index < -0.39 is 0 Å². The molecule has 0 spiro atoms. The minimum Gasteiger partial charge on any atom is -0.329 e. The fourth-order valence-corrected chi connectivity index (χ4v) is 4.20. The summed E-state index contributed by atoms with van der Waals surface area (Å²) in [6.07, 6.45) is 3.59. The van der Waals surface area contributed by atoms with E-state index in [4.69, 9.17) is 5.73 Å². The molecule has 0 heterocycles. The van der Waals surface area contributed by atoms with Crippen LogP contribution in [0, 0.1) is 11.3 Å². The average Bonchev–Trinajstić information content (AvgIpc) is 2.67. The van der Waals surface area contributed by atoms with Crippen LogP contribution < -0.4 is 5.73 Å². The van der Waals surface area contributed by atoms with Crippen LogP contribution in [-0.4, -0.2) is 30.6 Å². The number of rotatable bonds is 5. The molecule has 2 nitrogen and oxygen atoms in total. The van der Waals surface area contributed by atoms with Crippen molar-refractivity contribution in [1.82, 2.24) is 4.90 Å². The maximum Gasteiger partial charge on any atom is 0.0359 e. The molecule has 0 saturated heterocycles. The van der Waals surface area contributed by atoms with E-state index in [1.54, 1.807) is 0 Å². The van der Waals surface area contributed by atoms with Gasteiger partial charge in [-0.2, -0.15) is 0 Å². The quantitative estimate of drug-likeness (QED) is 0.892. The molecular formula is C18H30N2. The molecule has 2 rings (SSSR count). The SMILES string of the molecule is CC1CC(C)(C)CC1(CN)N(C)CCc1ccccc1. The molecule has 0 bridgehead atoms. The monoisotopic (exact) mass is 274 g/mol. The molecule has 1 aromatic carbocycles. The number of nitrogens with two attached hydrogens (primary N) is 1. The Hall–Kier alpha value is -0.860. The summed E-state index contributed by atoms with van der Waals surface area (Å²) < 4.78 is 0. The van der Waals surface area contributed by atoms with E-state index in [0.717, 1.165) is 19.5 Å². The highest BCUT2D eigenvalue weighted by Crippen LogP contribution is 2.49. The Balaban J connectivity index is 2.04. The Bertz CT molecular complexity index is 426. The van der Waals surface area contributed by atoms with Gasteiger partial charge in [-0.25, -0.2) is 0 Å². The molecule has 2 unspecified atom stereocenters. The van der Waals surface area contributed by atoms with E-state index in [-0.39, 0.29) is 5.54 Å². The largest absolute Gasteiger partial charge is 0.329 e. The number of benzene rings is 1. The van der Waals surface area contributed by atoms with Crippen LogP contribution in [0.1, 0.15) is 39.2 Å². The molecule has 112 valence electrons. The van der Waals surface area contributed by atoms with Crippen molar-refractivity contribution in [1.29, 1.82) is 0 Å². The van der Waals surface area contributed by atoms with Gasteiger partial charge in [-0.05, 0) is 43.2 Å². The van der Waals surface area contributed by atoms with Gasteiger partial charge >= 0.3 is 0 Å². The zero-order valence-corrected chi connectivity index (χ0v) is 13.5. The number of hydrogen-bond donors (Lipinski definition) is 1. The lowest BCUT2D eigenvalue weighted by Crippen LogP contribution is -2.54. The van der Waals surface area contributed by atoms with Gasteiger partial charge in [-0.1, -0.05) is 51.1 Å².